The molecule has 1 N–H and O–H groups in total. The van der Waals surface area contributed by atoms with Gasteiger partial charge in [0.05, 0.1) is 12.9 Å². The Morgan fingerprint density at radius 3 is 3.00 bits per heavy atom. The van der Waals surface area contributed by atoms with Crippen molar-refractivity contribution in [1.82, 2.24) is 10.3 Å². The molecule has 86 valence electrons. The number of rotatable bonds is 4. The van der Waals surface area contributed by atoms with E-state index in [2.05, 4.69) is 10.3 Å². The van der Waals surface area contributed by atoms with Crippen LogP contribution >= 0.6 is 0 Å². The summed E-state index contributed by atoms with van der Waals surface area (Å²) in [5.41, 5.74) is 2.16. The van der Waals surface area contributed by atoms with Gasteiger partial charge >= 0.3 is 0 Å². The Labute approximate surface area is 95.3 Å². The predicted octanol–water partition coefficient (Wildman–Crippen LogP) is 1.76. The van der Waals surface area contributed by atoms with Crippen molar-refractivity contribution in [3.63, 3.8) is 0 Å². The lowest BCUT2D eigenvalue weighted by Gasteiger charge is -2.05. The van der Waals surface area contributed by atoms with E-state index in [9.17, 15) is 4.79 Å². The predicted molar refractivity (Wildman–Crippen MR) is 63.0 cm³/mol. The second kappa shape index (κ2) is 5.90. The first-order valence-corrected chi connectivity index (χ1v) is 5.16. The highest BCUT2D eigenvalue weighted by Crippen LogP contribution is 2.11. The zero-order chi connectivity index (χ0) is 12.0. The number of ether oxygens (including phenoxy) is 1. The molecular weight excluding hydrogens is 204 g/mol. The average Bonchev–Trinajstić information content (AvgIpc) is 2.30. The fourth-order valence-electron chi connectivity index (χ4n) is 1.25. The second-order valence-electron chi connectivity index (χ2n) is 3.25. The molecule has 1 aromatic heterocycles. The maximum absolute atomic E-state index is 11.6. The molecule has 0 saturated heterocycles. The lowest BCUT2D eigenvalue weighted by Crippen LogP contribution is -2.19. The van der Waals surface area contributed by atoms with Crippen LogP contribution in [-0.4, -0.2) is 24.5 Å². The number of hydrogen-bond donors (Lipinski definition) is 1. The molecule has 0 saturated carbocycles. The van der Waals surface area contributed by atoms with Crippen molar-refractivity contribution >= 4 is 12.0 Å². The molecule has 0 aliphatic carbocycles. The molecule has 0 aliphatic rings. The van der Waals surface area contributed by atoms with Crippen LogP contribution in [0, 0.1) is 6.92 Å². The van der Waals surface area contributed by atoms with Crippen LogP contribution < -0.4 is 5.32 Å². The first-order chi connectivity index (χ1) is 7.69. The van der Waals surface area contributed by atoms with E-state index in [1.165, 1.54) is 0 Å². The first kappa shape index (κ1) is 12.2. The molecule has 1 heterocycles. The molecule has 4 heteroatoms. The number of carbonyl (C=O) groups excluding carboxylic acids is 1. The van der Waals surface area contributed by atoms with Crippen molar-refractivity contribution in [2.24, 2.45) is 0 Å². The second-order valence-corrected chi connectivity index (χ2v) is 3.25. The third kappa shape index (κ3) is 3.08. The Kier molecular flexibility index (Phi) is 4.51. The third-order valence-corrected chi connectivity index (χ3v) is 2.05. The molecule has 4 nitrogen and oxygen atoms in total. The van der Waals surface area contributed by atoms with Gasteiger partial charge in [0.15, 0.2) is 0 Å². The SMILES string of the molecule is CCO/C=C/c1cnc(C)cc1C(=O)NC. The number of amides is 1. The Morgan fingerprint density at radius 1 is 1.62 bits per heavy atom. The normalized spacial score (nSPS) is 10.4. The lowest BCUT2D eigenvalue weighted by atomic mass is 10.1. The summed E-state index contributed by atoms with van der Waals surface area (Å²) in [4.78, 5) is 15.8. The van der Waals surface area contributed by atoms with E-state index in [-0.39, 0.29) is 5.91 Å². The highest BCUT2D eigenvalue weighted by atomic mass is 16.5. The minimum Gasteiger partial charge on any atom is -0.501 e. The molecule has 0 bridgehead atoms. The van der Waals surface area contributed by atoms with Crippen LogP contribution in [0.2, 0.25) is 0 Å². The Hall–Kier alpha value is -1.84. The van der Waals surface area contributed by atoms with Gasteiger partial charge < -0.3 is 10.1 Å². The van der Waals surface area contributed by atoms with Crippen LogP contribution in [0.25, 0.3) is 6.08 Å². The van der Waals surface area contributed by atoms with Crippen molar-refractivity contribution in [3.05, 3.63) is 35.3 Å². The van der Waals surface area contributed by atoms with Gasteiger partial charge in [-0.05, 0) is 26.0 Å². The molecule has 1 amide bonds. The zero-order valence-corrected chi connectivity index (χ0v) is 9.78. The first-order valence-electron chi connectivity index (χ1n) is 5.16. The van der Waals surface area contributed by atoms with Gasteiger partial charge in [-0.1, -0.05) is 0 Å². The highest BCUT2D eigenvalue weighted by Gasteiger charge is 2.08. The van der Waals surface area contributed by atoms with Crippen molar-refractivity contribution < 1.29 is 9.53 Å². The van der Waals surface area contributed by atoms with E-state index < -0.39 is 0 Å². The molecule has 16 heavy (non-hydrogen) atoms. The van der Waals surface area contributed by atoms with Crippen LogP contribution in [0.1, 0.15) is 28.5 Å². The van der Waals surface area contributed by atoms with E-state index in [1.807, 2.05) is 13.8 Å². The highest BCUT2D eigenvalue weighted by molar-refractivity contribution is 5.97. The fraction of sp³-hybridized carbons (Fsp3) is 0.333. The third-order valence-electron chi connectivity index (χ3n) is 2.05. The van der Waals surface area contributed by atoms with Gasteiger partial charge in [0.1, 0.15) is 0 Å². The van der Waals surface area contributed by atoms with Gasteiger partial charge in [-0.15, -0.1) is 0 Å². The van der Waals surface area contributed by atoms with E-state index >= 15 is 0 Å². The summed E-state index contributed by atoms with van der Waals surface area (Å²) in [6, 6.07) is 1.75. The van der Waals surface area contributed by atoms with E-state index in [4.69, 9.17) is 4.74 Å². The van der Waals surface area contributed by atoms with Crippen LogP contribution in [0.15, 0.2) is 18.5 Å². The van der Waals surface area contributed by atoms with Crippen molar-refractivity contribution in [1.29, 1.82) is 0 Å². The molecule has 0 spiro atoms. The molecule has 0 aromatic carbocycles. The monoisotopic (exact) mass is 220 g/mol. The summed E-state index contributed by atoms with van der Waals surface area (Å²) >= 11 is 0. The number of aromatic nitrogens is 1. The van der Waals surface area contributed by atoms with Crippen molar-refractivity contribution in [3.8, 4) is 0 Å². The number of aryl methyl sites for hydroxylation is 1. The number of hydrogen-bond acceptors (Lipinski definition) is 3. The standard InChI is InChI=1S/C12H16N2O2/c1-4-16-6-5-10-8-14-9(2)7-11(10)12(15)13-3/h5-8H,4H2,1-3H3,(H,13,15)/b6-5+. The zero-order valence-electron chi connectivity index (χ0n) is 9.78. The van der Waals surface area contributed by atoms with E-state index in [0.29, 0.717) is 12.2 Å². The van der Waals surface area contributed by atoms with E-state index in [0.717, 1.165) is 11.3 Å². The summed E-state index contributed by atoms with van der Waals surface area (Å²) in [7, 11) is 1.61. The van der Waals surface area contributed by atoms with Gasteiger partial charge in [0, 0.05) is 30.1 Å². The summed E-state index contributed by atoms with van der Waals surface area (Å²) in [5, 5.41) is 2.60. The minimum atomic E-state index is -0.123. The van der Waals surface area contributed by atoms with Gasteiger partial charge in [0.25, 0.3) is 5.91 Å². The summed E-state index contributed by atoms with van der Waals surface area (Å²) in [6.45, 7) is 4.35. The van der Waals surface area contributed by atoms with Crippen LogP contribution in [0.4, 0.5) is 0 Å². The summed E-state index contributed by atoms with van der Waals surface area (Å²) in [6.07, 6.45) is 4.97. The van der Waals surface area contributed by atoms with Crippen molar-refractivity contribution in [2.75, 3.05) is 13.7 Å². The van der Waals surface area contributed by atoms with Gasteiger partial charge in [0.2, 0.25) is 0 Å². The summed E-state index contributed by atoms with van der Waals surface area (Å²) in [5.74, 6) is -0.123. The smallest absolute Gasteiger partial charge is 0.251 e. The van der Waals surface area contributed by atoms with Crippen molar-refractivity contribution in [2.45, 2.75) is 13.8 Å². The summed E-state index contributed by atoms with van der Waals surface area (Å²) < 4.78 is 5.10. The molecule has 1 aromatic rings. The van der Waals surface area contributed by atoms with Crippen LogP contribution in [-0.2, 0) is 4.74 Å². The quantitative estimate of drug-likeness (QED) is 0.786. The average molecular weight is 220 g/mol. The van der Waals surface area contributed by atoms with Gasteiger partial charge in [-0.2, -0.15) is 0 Å². The molecule has 0 fully saturated rings. The van der Waals surface area contributed by atoms with E-state index in [1.54, 1.807) is 31.6 Å². The Bertz CT molecular complexity index is 400. The lowest BCUT2D eigenvalue weighted by molar-refractivity contribution is 0.0962. The van der Waals surface area contributed by atoms with Gasteiger partial charge in [-0.25, -0.2) is 0 Å². The molecule has 0 atom stereocenters. The Morgan fingerprint density at radius 2 is 2.38 bits per heavy atom. The molecular formula is C12H16N2O2. The minimum absolute atomic E-state index is 0.123. The molecule has 0 unspecified atom stereocenters. The van der Waals surface area contributed by atoms with Crippen LogP contribution in [0.5, 0.6) is 0 Å². The molecule has 1 rings (SSSR count). The topological polar surface area (TPSA) is 51.2 Å². The Balaban J connectivity index is 3.02. The molecule has 0 aliphatic heterocycles. The fourth-order valence-corrected chi connectivity index (χ4v) is 1.25. The van der Waals surface area contributed by atoms with Crippen LogP contribution in [0.3, 0.4) is 0 Å². The number of nitrogens with one attached hydrogen (secondary N) is 1. The maximum atomic E-state index is 11.6. The maximum Gasteiger partial charge on any atom is 0.251 e. The largest absolute Gasteiger partial charge is 0.501 e. The number of nitrogens with zero attached hydrogens (tertiary/aromatic N) is 1. The number of carbonyl (C=O) groups is 1. The molecule has 0 radical (unpaired) electrons. The number of pyridine rings is 1. The van der Waals surface area contributed by atoms with Gasteiger partial charge in [-0.3, -0.25) is 9.78 Å².